The first-order valence-corrected chi connectivity index (χ1v) is 9.13. The molecule has 0 bridgehead atoms. The quantitative estimate of drug-likeness (QED) is 0.815. The summed E-state index contributed by atoms with van der Waals surface area (Å²) in [6, 6.07) is 3.47. The Bertz CT molecular complexity index is 837. The highest BCUT2D eigenvalue weighted by Gasteiger charge is 2.35. The Hall–Kier alpha value is -2.00. The summed E-state index contributed by atoms with van der Waals surface area (Å²) in [4.78, 5) is -0.148. The van der Waals surface area contributed by atoms with Gasteiger partial charge in [-0.1, -0.05) is 6.92 Å². The lowest BCUT2D eigenvalue weighted by atomic mass is 10.2. The molecule has 2 heterocycles. The molecule has 130 valence electrons. The van der Waals surface area contributed by atoms with Crippen molar-refractivity contribution in [3.63, 3.8) is 0 Å². The number of halogens is 1. The first-order valence-electron chi connectivity index (χ1n) is 7.69. The molecule has 0 amide bonds. The molecule has 1 aliphatic rings. The van der Waals surface area contributed by atoms with Gasteiger partial charge in [-0.15, -0.1) is 10.2 Å². The maximum Gasteiger partial charge on any atom is 0.246 e. The Morgan fingerprint density at radius 1 is 1.42 bits per heavy atom. The number of benzene rings is 1. The fourth-order valence-electron chi connectivity index (χ4n) is 2.97. The summed E-state index contributed by atoms with van der Waals surface area (Å²) in [5.74, 6) is 0.346. The number of rotatable bonds is 5. The topological polar surface area (TPSA) is 77.3 Å². The molecule has 1 unspecified atom stereocenters. The van der Waals surface area contributed by atoms with Gasteiger partial charge in [-0.25, -0.2) is 12.8 Å². The van der Waals surface area contributed by atoms with Crippen LogP contribution in [0.5, 0.6) is 5.75 Å². The fraction of sp³-hybridized carbons (Fsp3) is 0.467. The third-order valence-corrected chi connectivity index (χ3v) is 6.11. The van der Waals surface area contributed by atoms with Crippen LogP contribution in [0.2, 0.25) is 0 Å². The van der Waals surface area contributed by atoms with Crippen molar-refractivity contribution in [1.82, 2.24) is 19.1 Å². The van der Waals surface area contributed by atoms with Crippen molar-refractivity contribution in [3.05, 3.63) is 36.2 Å². The van der Waals surface area contributed by atoms with Crippen molar-refractivity contribution in [2.24, 2.45) is 0 Å². The van der Waals surface area contributed by atoms with E-state index in [1.807, 2.05) is 11.5 Å². The standard InChI is InChI=1S/C15H19FN4O3S/c1-3-15-18-17-10-20(15)12-6-7-19(9-12)24(21,22)14-8-11(16)4-5-13(14)23-2/h4-5,8,10,12H,3,6-7,9H2,1-2H3. The highest BCUT2D eigenvalue weighted by atomic mass is 32.2. The van der Waals surface area contributed by atoms with E-state index in [1.54, 1.807) is 6.33 Å². The molecule has 0 aliphatic carbocycles. The summed E-state index contributed by atoms with van der Waals surface area (Å²) in [6.45, 7) is 2.63. The Morgan fingerprint density at radius 3 is 2.92 bits per heavy atom. The van der Waals surface area contributed by atoms with Gasteiger partial charge in [0.1, 0.15) is 28.6 Å². The van der Waals surface area contributed by atoms with E-state index >= 15 is 0 Å². The average molecular weight is 354 g/mol. The molecule has 0 saturated carbocycles. The molecule has 24 heavy (non-hydrogen) atoms. The van der Waals surface area contributed by atoms with E-state index in [0.29, 0.717) is 19.5 Å². The highest BCUT2D eigenvalue weighted by Crippen LogP contribution is 2.32. The number of hydrogen-bond acceptors (Lipinski definition) is 5. The third kappa shape index (κ3) is 2.89. The minimum atomic E-state index is -3.83. The van der Waals surface area contributed by atoms with Gasteiger partial charge in [0, 0.05) is 19.5 Å². The van der Waals surface area contributed by atoms with Gasteiger partial charge in [0.25, 0.3) is 0 Å². The Labute approximate surface area is 140 Å². The molecule has 1 atom stereocenters. The van der Waals surface area contributed by atoms with E-state index in [1.165, 1.54) is 23.5 Å². The van der Waals surface area contributed by atoms with E-state index in [2.05, 4.69) is 10.2 Å². The van der Waals surface area contributed by atoms with Crippen LogP contribution in [0.4, 0.5) is 4.39 Å². The highest BCUT2D eigenvalue weighted by molar-refractivity contribution is 7.89. The van der Waals surface area contributed by atoms with Crippen molar-refractivity contribution in [2.75, 3.05) is 20.2 Å². The van der Waals surface area contributed by atoms with Gasteiger partial charge in [-0.05, 0) is 24.6 Å². The van der Waals surface area contributed by atoms with Crippen LogP contribution in [0.3, 0.4) is 0 Å². The van der Waals surface area contributed by atoms with Gasteiger partial charge < -0.3 is 9.30 Å². The lowest BCUT2D eigenvalue weighted by molar-refractivity contribution is 0.395. The van der Waals surface area contributed by atoms with Crippen molar-refractivity contribution >= 4 is 10.0 Å². The van der Waals surface area contributed by atoms with Gasteiger partial charge in [-0.2, -0.15) is 4.31 Å². The monoisotopic (exact) mass is 354 g/mol. The largest absolute Gasteiger partial charge is 0.495 e. The average Bonchev–Trinajstić information content (AvgIpc) is 3.23. The Kier molecular flexibility index (Phi) is 4.55. The molecule has 7 nitrogen and oxygen atoms in total. The lowest BCUT2D eigenvalue weighted by Gasteiger charge is -2.19. The minimum Gasteiger partial charge on any atom is -0.495 e. The third-order valence-electron chi connectivity index (χ3n) is 4.23. The van der Waals surface area contributed by atoms with Crippen molar-refractivity contribution < 1.29 is 17.5 Å². The maximum atomic E-state index is 13.5. The maximum absolute atomic E-state index is 13.5. The number of nitrogens with zero attached hydrogens (tertiary/aromatic N) is 4. The van der Waals surface area contributed by atoms with E-state index in [4.69, 9.17) is 4.74 Å². The minimum absolute atomic E-state index is 0.0238. The Balaban J connectivity index is 1.89. The zero-order chi connectivity index (χ0) is 17.3. The summed E-state index contributed by atoms with van der Waals surface area (Å²) in [5.41, 5.74) is 0. The molecular weight excluding hydrogens is 335 g/mol. The summed E-state index contributed by atoms with van der Waals surface area (Å²) in [6.07, 6.45) is 3.01. The predicted molar refractivity (Wildman–Crippen MR) is 84.8 cm³/mol. The molecule has 9 heteroatoms. The summed E-state index contributed by atoms with van der Waals surface area (Å²) < 4.78 is 47.6. The van der Waals surface area contributed by atoms with Crippen LogP contribution in [-0.4, -0.2) is 47.7 Å². The first kappa shape index (κ1) is 16.8. The SMILES string of the molecule is CCc1nncn1C1CCN(S(=O)(=O)c2cc(F)ccc2OC)C1. The zero-order valence-electron chi connectivity index (χ0n) is 13.5. The number of sulfonamides is 1. The van der Waals surface area contributed by atoms with Crippen LogP contribution in [0.1, 0.15) is 25.2 Å². The molecule has 3 rings (SSSR count). The molecule has 0 N–H and O–H groups in total. The molecule has 0 spiro atoms. The number of hydrogen-bond donors (Lipinski definition) is 0. The summed E-state index contributed by atoms with van der Waals surface area (Å²) in [5, 5.41) is 7.94. The number of ether oxygens (including phenoxy) is 1. The normalized spacial score (nSPS) is 18.9. The second-order valence-corrected chi connectivity index (χ2v) is 7.52. The summed E-state index contributed by atoms with van der Waals surface area (Å²) >= 11 is 0. The molecule has 2 aromatic rings. The van der Waals surface area contributed by atoms with E-state index in [9.17, 15) is 12.8 Å². The van der Waals surface area contributed by atoms with Crippen molar-refractivity contribution in [3.8, 4) is 5.75 Å². The van der Waals surface area contributed by atoms with Gasteiger partial charge in [0.2, 0.25) is 10.0 Å². The van der Waals surface area contributed by atoms with Gasteiger partial charge in [0.15, 0.2) is 0 Å². The molecule has 1 aromatic carbocycles. The zero-order valence-corrected chi connectivity index (χ0v) is 14.3. The second-order valence-electron chi connectivity index (χ2n) is 5.61. The molecule has 1 aromatic heterocycles. The van der Waals surface area contributed by atoms with Crippen LogP contribution in [-0.2, 0) is 16.4 Å². The van der Waals surface area contributed by atoms with Crippen molar-refractivity contribution in [2.45, 2.75) is 30.7 Å². The molecule has 1 saturated heterocycles. The van der Waals surface area contributed by atoms with Crippen LogP contribution >= 0.6 is 0 Å². The predicted octanol–water partition coefficient (Wildman–Crippen LogP) is 1.62. The number of aromatic nitrogens is 3. The van der Waals surface area contributed by atoms with Gasteiger partial charge in [0.05, 0.1) is 13.2 Å². The first-order chi connectivity index (χ1) is 11.5. The van der Waals surface area contributed by atoms with E-state index in [0.717, 1.165) is 18.3 Å². The fourth-order valence-corrected chi connectivity index (χ4v) is 4.63. The second kappa shape index (κ2) is 6.48. The van der Waals surface area contributed by atoms with Crippen LogP contribution in [0, 0.1) is 5.82 Å². The van der Waals surface area contributed by atoms with Crippen molar-refractivity contribution in [1.29, 1.82) is 0 Å². The van der Waals surface area contributed by atoms with E-state index < -0.39 is 15.8 Å². The molecule has 1 fully saturated rings. The van der Waals surface area contributed by atoms with Gasteiger partial charge >= 0.3 is 0 Å². The number of methoxy groups -OCH3 is 1. The smallest absolute Gasteiger partial charge is 0.246 e. The van der Waals surface area contributed by atoms with Crippen LogP contribution in [0.15, 0.2) is 29.4 Å². The molecule has 1 aliphatic heterocycles. The summed E-state index contributed by atoms with van der Waals surface area (Å²) in [7, 11) is -2.47. The molecular formula is C15H19FN4O3S. The Morgan fingerprint density at radius 2 is 2.21 bits per heavy atom. The van der Waals surface area contributed by atoms with Crippen LogP contribution < -0.4 is 4.74 Å². The number of aryl methyl sites for hydroxylation is 1. The van der Waals surface area contributed by atoms with Gasteiger partial charge in [-0.3, -0.25) is 0 Å². The van der Waals surface area contributed by atoms with Crippen LogP contribution in [0.25, 0.3) is 0 Å². The molecule has 0 radical (unpaired) electrons. The van der Waals surface area contributed by atoms with E-state index in [-0.39, 0.29) is 16.7 Å². The lowest BCUT2D eigenvalue weighted by Crippen LogP contribution is -2.30.